The third-order valence-electron chi connectivity index (χ3n) is 4.05. The molecule has 2 aliphatic heterocycles. The maximum atomic E-state index is 6.07. The average molecular weight is 198 g/mol. The average Bonchev–Trinajstić information content (AvgIpc) is 2.67. The van der Waals surface area contributed by atoms with Crippen molar-refractivity contribution in [3.63, 3.8) is 0 Å². The van der Waals surface area contributed by atoms with Crippen LogP contribution in [0, 0.1) is 5.92 Å². The van der Waals surface area contributed by atoms with E-state index >= 15 is 0 Å². The first-order valence-electron chi connectivity index (χ1n) is 5.79. The molecule has 0 saturated carbocycles. The molecule has 3 nitrogen and oxygen atoms in total. The zero-order chi connectivity index (χ0) is 10.1. The van der Waals surface area contributed by atoms with Crippen molar-refractivity contribution in [1.29, 1.82) is 0 Å². The van der Waals surface area contributed by atoms with Crippen LogP contribution in [0.1, 0.15) is 26.7 Å². The highest BCUT2D eigenvalue weighted by molar-refractivity contribution is 4.90. The molecule has 3 heteroatoms. The Labute approximate surface area is 86.6 Å². The van der Waals surface area contributed by atoms with E-state index in [-0.39, 0.29) is 0 Å². The van der Waals surface area contributed by atoms with E-state index in [1.54, 1.807) is 0 Å². The van der Waals surface area contributed by atoms with Crippen molar-refractivity contribution in [1.82, 2.24) is 4.90 Å². The maximum absolute atomic E-state index is 6.07. The standard InChI is InChI=1S/C11H22N2O/c1-8-9(2)13(5-3-11(8)12)10-4-6-14-7-10/h8-11H,3-7,12H2,1-2H3. The lowest BCUT2D eigenvalue weighted by Crippen LogP contribution is -2.55. The molecular formula is C11H22N2O. The minimum atomic E-state index is 0.392. The molecule has 4 unspecified atom stereocenters. The van der Waals surface area contributed by atoms with E-state index in [4.69, 9.17) is 10.5 Å². The molecule has 0 aromatic carbocycles. The van der Waals surface area contributed by atoms with Gasteiger partial charge in [0.2, 0.25) is 0 Å². The first-order chi connectivity index (χ1) is 6.70. The number of rotatable bonds is 1. The van der Waals surface area contributed by atoms with Gasteiger partial charge in [-0.2, -0.15) is 0 Å². The van der Waals surface area contributed by atoms with Crippen molar-refractivity contribution in [3.05, 3.63) is 0 Å². The fourth-order valence-corrected chi connectivity index (χ4v) is 2.72. The van der Waals surface area contributed by atoms with E-state index in [2.05, 4.69) is 18.7 Å². The van der Waals surface area contributed by atoms with Crippen LogP contribution in [-0.2, 0) is 4.74 Å². The van der Waals surface area contributed by atoms with Crippen molar-refractivity contribution >= 4 is 0 Å². The Balaban J connectivity index is 1.98. The number of hydrogen-bond donors (Lipinski definition) is 1. The minimum absolute atomic E-state index is 0.392. The quantitative estimate of drug-likeness (QED) is 0.678. The van der Waals surface area contributed by atoms with Crippen molar-refractivity contribution in [2.45, 2.75) is 44.8 Å². The van der Waals surface area contributed by atoms with Gasteiger partial charge in [0.15, 0.2) is 0 Å². The molecular weight excluding hydrogens is 176 g/mol. The van der Waals surface area contributed by atoms with Crippen LogP contribution in [0.5, 0.6) is 0 Å². The van der Waals surface area contributed by atoms with Crippen molar-refractivity contribution in [2.24, 2.45) is 11.7 Å². The fourth-order valence-electron chi connectivity index (χ4n) is 2.72. The van der Waals surface area contributed by atoms with E-state index in [1.165, 1.54) is 6.42 Å². The van der Waals surface area contributed by atoms with Crippen LogP contribution in [0.4, 0.5) is 0 Å². The Morgan fingerprint density at radius 2 is 2.07 bits per heavy atom. The second-order valence-corrected chi connectivity index (χ2v) is 4.81. The van der Waals surface area contributed by atoms with E-state index in [1.807, 2.05) is 0 Å². The number of piperidine rings is 1. The molecule has 4 atom stereocenters. The highest BCUT2D eigenvalue weighted by atomic mass is 16.5. The lowest BCUT2D eigenvalue weighted by atomic mass is 9.86. The van der Waals surface area contributed by atoms with Gasteiger partial charge in [-0.1, -0.05) is 6.92 Å². The summed E-state index contributed by atoms with van der Waals surface area (Å²) in [5.41, 5.74) is 6.07. The molecule has 2 fully saturated rings. The summed E-state index contributed by atoms with van der Waals surface area (Å²) in [5.74, 6) is 0.615. The van der Waals surface area contributed by atoms with E-state index < -0.39 is 0 Å². The lowest BCUT2D eigenvalue weighted by Gasteiger charge is -2.44. The molecule has 82 valence electrons. The van der Waals surface area contributed by atoms with Crippen LogP contribution in [0.15, 0.2) is 0 Å². The minimum Gasteiger partial charge on any atom is -0.380 e. The zero-order valence-electron chi connectivity index (χ0n) is 9.28. The van der Waals surface area contributed by atoms with Crippen LogP contribution < -0.4 is 5.73 Å². The monoisotopic (exact) mass is 198 g/mol. The third-order valence-corrected chi connectivity index (χ3v) is 4.05. The molecule has 0 aromatic rings. The first-order valence-corrected chi connectivity index (χ1v) is 5.79. The topological polar surface area (TPSA) is 38.5 Å². The van der Waals surface area contributed by atoms with Gasteiger partial charge in [-0.3, -0.25) is 4.90 Å². The predicted molar refractivity (Wildman–Crippen MR) is 57.1 cm³/mol. The molecule has 2 heterocycles. The summed E-state index contributed by atoms with van der Waals surface area (Å²) < 4.78 is 5.45. The summed E-state index contributed by atoms with van der Waals surface area (Å²) in [6.07, 6.45) is 2.34. The van der Waals surface area contributed by atoms with Crippen LogP contribution in [0.25, 0.3) is 0 Å². The normalized spacial score (nSPS) is 45.6. The second-order valence-electron chi connectivity index (χ2n) is 4.81. The van der Waals surface area contributed by atoms with Gasteiger partial charge in [0.1, 0.15) is 0 Å². The smallest absolute Gasteiger partial charge is 0.0622 e. The Kier molecular flexibility index (Phi) is 3.10. The molecule has 14 heavy (non-hydrogen) atoms. The van der Waals surface area contributed by atoms with Gasteiger partial charge in [-0.15, -0.1) is 0 Å². The Morgan fingerprint density at radius 1 is 1.29 bits per heavy atom. The molecule has 2 saturated heterocycles. The molecule has 2 aliphatic rings. The molecule has 0 bridgehead atoms. The highest BCUT2D eigenvalue weighted by Gasteiger charge is 2.35. The van der Waals surface area contributed by atoms with Crippen LogP contribution in [-0.4, -0.2) is 42.8 Å². The van der Waals surface area contributed by atoms with Crippen molar-refractivity contribution in [2.75, 3.05) is 19.8 Å². The van der Waals surface area contributed by atoms with Crippen LogP contribution >= 0.6 is 0 Å². The SMILES string of the molecule is CC1C(N)CCN(C2CCOC2)C1C. The van der Waals surface area contributed by atoms with E-state index in [0.29, 0.717) is 24.0 Å². The number of nitrogens with zero attached hydrogens (tertiary/aromatic N) is 1. The van der Waals surface area contributed by atoms with Crippen molar-refractivity contribution < 1.29 is 4.74 Å². The largest absolute Gasteiger partial charge is 0.380 e. The molecule has 0 spiro atoms. The van der Waals surface area contributed by atoms with Gasteiger partial charge < -0.3 is 10.5 Å². The number of likely N-dealkylation sites (tertiary alicyclic amines) is 1. The lowest BCUT2D eigenvalue weighted by molar-refractivity contribution is 0.0490. The van der Waals surface area contributed by atoms with E-state index in [9.17, 15) is 0 Å². The molecule has 2 rings (SSSR count). The first kappa shape index (κ1) is 10.4. The van der Waals surface area contributed by atoms with Crippen molar-refractivity contribution in [3.8, 4) is 0 Å². The molecule has 0 amide bonds. The zero-order valence-corrected chi connectivity index (χ0v) is 9.28. The van der Waals surface area contributed by atoms with Crippen LogP contribution in [0.2, 0.25) is 0 Å². The fraction of sp³-hybridized carbons (Fsp3) is 1.00. The number of hydrogen-bond acceptors (Lipinski definition) is 3. The predicted octanol–water partition coefficient (Wildman–Crippen LogP) is 0.833. The second kappa shape index (κ2) is 4.17. The number of ether oxygens (including phenoxy) is 1. The van der Waals surface area contributed by atoms with E-state index in [0.717, 1.165) is 26.2 Å². The number of nitrogens with two attached hydrogens (primary N) is 1. The third kappa shape index (κ3) is 1.81. The molecule has 0 aliphatic carbocycles. The molecule has 0 radical (unpaired) electrons. The molecule has 0 aromatic heterocycles. The molecule has 2 N–H and O–H groups in total. The summed E-state index contributed by atoms with van der Waals surface area (Å²) in [6.45, 7) is 7.60. The Hall–Kier alpha value is -0.120. The summed E-state index contributed by atoms with van der Waals surface area (Å²) in [4.78, 5) is 2.60. The maximum Gasteiger partial charge on any atom is 0.0622 e. The van der Waals surface area contributed by atoms with Gasteiger partial charge in [-0.25, -0.2) is 0 Å². The van der Waals surface area contributed by atoms with Gasteiger partial charge in [-0.05, 0) is 25.7 Å². The summed E-state index contributed by atoms with van der Waals surface area (Å²) in [5, 5.41) is 0. The van der Waals surface area contributed by atoms with Gasteiger partial charge in [0.05, 0.1) is 6.61 Å². The highest BCUT2D eigenvalue weighted by Crippen LogP contribution is 2.26. The van der Waals surface area contributed by atoms with Gasteiger partial charge in [0.25, 0.3) is 0 Å². The summed E-state index contributed by atoms with van der Waals surface area (Å²) in [7, 11) is 0. The van der Waals surface area contributed by atoms with Gasteiger partial charge in [0, 0.05) is 31.3 Å². The summed E-state index contributed by atoms with van der Waals surface area (Å²) in [6, 6.07) is 1.66. The Morgan fingerprint density at radius 3 is 2.71 bits per heavy atom. The Bertz CT molecular complexity index is 192. The van der Waals surface area contributed by atoms with Gasteiger partial charge >= 0.3 is 0 Å². The van der Waals surface area contributed by atoms with Crippen LogP contribution in [0.3, 0.4) is 0 Å². The summed E-state index contributed by atoms with van der Waals surface area (Å²) >= 11 is 0.